The number of hydrogen-bond donors (Lipinski definition) is 2. The number of alkyl halides is 3. The van der Waals surface area contributed by atoms with Crippen LogP contribution in [0, 0.1) is 5.92 Å². The molecule has 1 aromatic carbocycles. The Morgan fingerprint density at radius 1 is 1.27 bits per heavy atom. The van der Waals surface area contributed by atoms with Gasteiger partial charge in [0, 0.05) is 12.1 Å². The van der Waals surface area contributed by atoms with Crippen LogP contribution in [0.3, 0.4) is 0 Å². The number of halogens is 3. The Hall–Kier alpha value is -2.25. The molecule has 1 rings (SSSR count). The van der Waals surface area contributed by atoms with Gasteiger partial charge < -0.3 is 9.84 Å². The van der Waals surface area contributed by atoms with E-state index in [2.05, 4.69) is 10.1 Å². The van der Waals surface area contributed by atoms with Crippen LogP contribution >= 0.6 is 0 Å². The first-order valence-electron chi connectivity index (χ1n) is 6.56. The van der Waals surface area contributed by atoms with Gasteiger partial charge in [0.05, 0.1) is 5.92 Å². The van der Waals surface area contributed by atoms with Crippen LogP contribution in [0.1, 0.15) is 19.8 Å². The van der Waals surface area contributed by atoms with E-state index in [-0.39, 0.29) is 6.42 Å². The topological polar surface area (TPSA) is 75.6 Å². The van der Waals surface area contributed by atoms with E-state index in [0.29, 0.717) is 5.69 Å². The van der Waals surface area contributed by atoms with Gasteiger partial charge in [-0.2, -0.15) is 13.2 Å². The van der Waals surface area contributed by atoms with Gasteiger partial charge in [-0.25, -0.2) is 9.59 Å². The lowest BCUT2D eigenvalue weighted by Crippen LogP contribution is -2.35. The number of carbonyl (C=O) groups is 2. The number of carboxylic acid groups (broad SMARTS) is 1. The molecular formula is C14H16F3NO4. The molecule has 0 fully saturated rings. The number of ether oxygens (including phenoxy) is 1. The minimum Gasteiger partial charge on any atom is -0.479 e. The maximum absolute atomic E-state index is 12.7. The van der Waals surface area contributed by atoms with Crippen LogP contribution in [-0.4, -0.2) is 29.4 Å². The van der Waals surface area contributed by atoms with E-state index >= 15 is 0 Å². The predicted molar refractivity (Wildman–Crippen MR) is 72.4 cm³/mol. The molecule has 0 heterocycles. The van der Waals surface area contributed by atoms with Crippen molar-refractivity contribution in [3.8, 4) is 0 Å². The maximum Gasteiger partial charge on any atom is 0.412 e. The summed E-state index contributed by atoms with van der Waals surface area (Å²) in [5, 5.41) is 11.2. The highest BCUT2D eigenvalue weighted by molar-refractivity contribution is 5.86. The van der Waals surface area contributed by atoms with Crippen LogP contribution < -0.4 is 5.32 Å². The van der Waals surface area contributed by atoms with Crippen LogP contribution in [0.2, 0.25) is 0 Å². The molecule has 2 N–H and O–H groups in total. The summed E-state index contributed by atoms with van der Waals surface area (Å²) in [6.45, 7) is 1.29. The van der Waals surface area contributed by atoms with Gasteiger partial charge >= 0.3 is 18.2 Å². The summed E-state index contributed by atoms with van der Waals surface area (Å²) in [5.41, 5.74) is 0.347. The van der Waals surface area contributed by atoms with Crippen LogP contribution in [0.15, 0.2) is 30.3 Å². The lowest BCUT2D eigenvalue weighted by Gasteiger charge is -2.22. The summed E-state index contributed by atoms with van der Waals surface area (Å²) in [6, 6.07) is 8.01. The normalized spacial score (nSPS) is 14.0. The van der Waals surface area contributed by atoms with E-state index in [9.17, 15) is 22.8 Å². The standard InChI is InChI=1S/C14H16F3NO4/c1-2-9(14(15,16)17)8-11(12(19)20)22-13(21)18-10-6-4-3-5-7-10/h3-7,9,11H,2,8H2,1H3,(H,18,21)(H,19,20)/t9?,11-/m0/s1. The maximum atomic E-state index is 12.7. The third-order valence-electron chi connectivity index (χ3n) is 3.00. The molecule has 0 spiro atoms. The molecule has 0 radical (unpaired) electrons. The van der Waals surface area contributed by atoms with Crippen molar-refractivity contribution in [3.05, 3.63) is 30.3 Å². The molecule has 122 valence electrons. The van der Waals surface area contributed by atoms with Crippen molar-refractivity contribution in [2.24, 2.45) is 5.92 Å². The highest BCUT2D eigenvalue weighted by Crippen LogP contribution is 2.32. The van der Waals surface area contributed by atoms with Gasteiger partial charge in [-0.15, -0.1) is 0 Å². The summed E-state index contributed by atoms with van der Waals surface area (Å²) in [4.78, 5) is 22.6. The Morgan fingerprint density at radius 3 is 2.32 bits per heavy atom. The predicted octanol–water partition coefficient (Wildman–Crippen LogP) is 3.67. The first-order chi connectivity index (χ1) is 10.2. The Labute approximate surface area is 125 Å². The van der Waals surface area contributed by atoms with Crippen LogP contribution in [-0.2, 0) is 9.53 Å². The lowest BCUT2D eigenvalue weighted by molar-refractivity contribution is -0.185. The zero-order chi connectivity index (χ0) is 16.8. The molecule has 1 unspecified atom stereocenters. The molecule has 0 bridgehead atoms. The average molecular weight is 319 g/mol. The Kier molecular flexibility index (Phi) is 6.21. The minimum atomic E-state index is -4.54. The van der Waals surface area contributed by atoms with Gasteiger partial charge in [-0.1, -0.05) is 25.1 Å². The van der Waals surface area contributed by atoms with E-state index in [1.165, 1.54) is 19.1 Å². The number of benzene rings is 1. The number of hydrogen-bond acceptors (Lipinski definition) is 3. The highest BCUT2D eigenvalue weighted by Gasteiger charge is 2.41. The summed E-state index contributed by atoms with van der Waals surface area (Å²) in [6.07, 6.45) is -8.64. The molecule has 22 heavy (non-hydrogen) atoms. The van der Waals surface area contributed by atoms with E-state index in [0.717, 1.165) is 0 Å². The Bertz CT molecular complexity index is 505. The molecule has 8 heteroatoms. The third-order valence-corrected chi connectivity index (χ3v) is 3.00. The monoisotopic (exact) mass is 319 g/mol. The quantitative estimate of drug-likeness (QED) is 0.839. The molecule has 1 aromatic rings. The van der Waals surface area contributed by atoms with Crippen molar-refractivity contribution in [2.45, 2.75) is 32.0 Å². The van der Waals surface area contributed by atoms with Gasteiger partial charge in [-0.05, 0) is 18.6 Å². The van der Waals surface area contributed by atoms with E-state index < -0.39 is 36.7 Å². The second-order valence-electron chi connectivity index (χ2n) is 4.61. The van der Waals surface area contributed by atoms with Crippen molar-refractivity contribution >= 4 is 17.7 Å². The summed E-state index contributed by atoms with van der Waals surface area (Å²) >= 11 is 0. The number of anilines is 1. The summed E-state index contributed by atoms with van der Waals surface area (Å²) < 4.78 is 42.6. The third kappa shape index (κ3) is 5.63. The van der Waals surface area contributed by atoms with Crippen molar-refractivity contribution in [1.82, 2.24) is 0 Å². The molecule has 0 aliphatic carbocycles. The smallest absolute Gasteiger partial charge is 0.412 e. The molecule has 0 aliphatic rings. The van der Waals surface area contributed by atoms with Gasteiger partial charge in [0.1, 0.15) is 0 Å². The molecular weight excluding hydrogens is 303 g/mol. The van der Waals surface area contributed by atoms with E-state index in [1.807, 2.05) is 0 Å². The number of amides is 1. The number of nitrogens with one attached hydrogen (secondary N) is 1. The number of rotatable bonds is 6. The number of aliphatic carboxylic acids is 1. The highest BCUT2D eigenvalue weighted by atomic mass is 19.4. The molecule has 0 aromatic heterocycles. The molecule has 5 nitrogen and oxygen atoms in total. The Morgan fingerprint density at radius 2 is 1.86 bits per heavy atom. The second kappa shape index (κ2) is 7.67. The lowest BCUT2D eigenvalue weighted by atomic mass is 9.98. The molecule has 1 amide bonds. The fourth-order valence-electron chi connectivity index (χ4n) is 1.79. The summed E-state index contributed by atoms with van der Waals surface area (Å²) in [7, 11) is 0. The van der Waals surface area contributed by atoms with Crippen molar-refractivity contribution < 1.29 is 32.6 Å². The number of carboxylic acids is 1. The van der Waals surface area contributed by atoms with E-state index in [1.54, 1.807) is 18.2 Å². The molecule has 0 aliphatic heterocycles. The second-order valence-corrected chi connectivity index (χ2v) is 4.61. The fourth-order valence-corrected chi connectivity index (χ4v) is 1.79. The van der Waals surface area contributed by atoms with Crippen molar-refractivity contribution in [1.29, 1.82) is 0 Å². The van der Waals surface area contributed by atoms with Gasteiger partial charge in [0.15, 0.2) is 0 Å². The zero-order valence-corrected chi connectivity index (χ0v) is 11.8. The zero-order valence-electron chi connectivity index (χ0n) is 11.8. The summed E-state index contributed by atoms with van der Waals surface area (Å²) in [5.74, 6) is -3.47. The first-order valence-corrected chi connectivity index (χ1v) is 6.56. The van der Waals surface area contributed by atoms with Crippen molar-refractivity contribution in [2.75, 3.05) is 5.32 Å². The number of para-hydroxylation sites is 1. The van der Waals surface area contributed by atoms with Crippen LogP contribution in [0.4, 0.5) is 23.7 Å². The molecule has 2 atom stereocenters. The fraction of sp³-hybridized carbons (Fsp3) is 0.429. The van der Waals surface area contributed by atoms with Crippen LogP contribution in [0.25, 0.3) is 0 Å². The Balaban J connectivity index is 2.68. The SMILES string of the molecule is CCC(C[C@H](OC(=O)Nc1ccccc1)C(=O)O)C(F)(F)F. The number of carbonyl (C=O) groups excluding carboxylic acids is 1. The molecule has 0 saturated carbocycles. The van der Waals surface area contributed by atoms with Gasteiger partial charge in [0.2, 0.25) is 6.10 Å². The first kappa shape index (κ1) is 17.8. The molecule has 0 saturated heterocycles. The van der Waals surface area contributed by atoms with Gasteiger partial charge in [-0.3, -0.25) is 5.32 Å². The average Bonchev–Trinajstić information content (AvgIpc) is 2.42. The van der Waals surface area contributed by atoms with Crippen LogP contribution in [0.5, 0.6) is 0 Å². The van der Waals surface area contributed by atoms with Gasteiger partial charge in [0.25, 0.3) is 0 Å². The minimum absolute atomic E-state index is 0.295. The van der Waals surface area contributed by atoms with Crippen molar-refractivity contribution in [3.63, 3.8) is 0 Å². The largest absolute Gasteiger partial charge is 0.479 e. The van der Waals surface area contributed by atoms with E-state index in [4.69, 9.17) is 5.11 Å².